The molecule has 0 spiro atoms. The highest BCUT2D eigenvalue weighted by Crippen LogP contribution is 2.36. The zero-order valence-electron chi connectivity index (χ0n) is 19.0. The molecule has 2 saturated heterocycles. The zero-order chi connectivity index (χ0) is 24.3. The molecule has 10 nitrogen and oxygen atoms in total. The first-order chi connectivity index (χ1) is 16.3. The van der Waals surface area contributed by atoms with Gasteiger partial charge in [-0.1, -0.05) is 0 Å². The van der Waals surface area contributed by atoms with E-state index in [4.69, 9.17) is 14.2 Å². The number of benzene rings is 2. The summed E-state index contributed by atoms with van der Waals surface area (Å²) in [5.41, 5.74) is 0.996. The van der Waals surface area contributed by atoms with E-state index in [1.165, 1.54) is 35.6 Å². The van der Waals surface area contributed by atoms with Crippen LogP contribution in [0.3, 0.4) is 0 Å². The van der Waals surface area contributed by atoms with Crippen LogP contribution in [0.5, 0.6) is 11.5 Å². The van der Waals surface area contributed by atoms with Crippen molar-refractivity contribution in [2.45, 2.75) is 11.3 Å². The lowest BCUT2D eigenvalue weighted by molar-refractivity contribution is -0.122. The number of morpholine rings is 1. The molecule has 182 valence electrons. The van der Waals surface area contributed by atoms with Crippen LogP contribution in [0.1, 0.15) is 6.42 Å². The maximum atomic E-state index is 12.9. The van der Waals surface area contributed by atoms with Crippen molar-refractivity contribution in [3.63, 3.8) is 0 Å². The molecule has 1 atom stereocenters. The normalized spacial score (nSPS) is 19.2. The lowest BCUT2D eigenvalue weighted by atomic mass is 10.1. The van der Waals surface area contributed by atoms with E-state index < -0.39 is 15.9 Å². The van der Waals surface area contributed by atoms with Crippen LogP contribution in [0.2, 0.25) is 0 Å². The number of ether oxygens (including phenoxy) is 3. The van der Waals surface area contributed by atoms with Crippen molar-refractivity contribution in [3.05, 3.63) is 42.5 Å². The average Bonchev–Trinajstić information content (AvgIpc) is 3.26. The molecule has 2 fully saturated rings. The van der Waals surface area contributed by atoms with Gasteiger partial charge in [0.1, 0.15) is 11.5 Å². The molecule has 2 aromatic carbocycles. The van der Waals surface area contributed by atoms with Crippen molar-refractivity contribution in [2.75, 3.05) is 57.3 Å². The molecular formula is C23H27N3O7S. The van der Waals surface area contributed by atoms with Gasteiger partial charge < -0.3 is 24.4 Å². The number of sulfonamides is 1. The highest BCUT2D eigenvalue weighted by Gasteiger charge is 2.36. The van der Waals surface area contributed by atoms with Gasteiger partial charge in [0.2, 0.25) is 21.8 Å². The molecule has 0 aromatic heterocycles. The van der Waals surface area contributed by atoms with Gasteiger partial charge in [0.15, 0.2) is 0 Å². The second-order valence-electron chi connectivity index (χ2n) is 7.97. The molecule has 1 N–H and O–H groups in total. The van der Waals surface area contributed by atoms with Crippen LogP contribution in [-0.2, 0) is 24.3 Å². The third kappa shape index (κ3) is 4.86. The Morgan fingerprint density at radius 2 is 1.76 bits per heavy atom. The van der Waals surface area contributed by atoms with Gasteiger partial charge in [-0.05, 0) is 36.4 Å². The van der Waals surface area contributed by atoms with Crippen LogP contribution < -0.4 is 19.7 Å². The maximum Gasteiger partial charge on any atom is 0.243 e. The van der Waals surface area contributed by atoms with Crippen LogP contribution in [0.4, 0.5) is 11.4 Å². The number of hydrogen-bond donors (Lipinski definition) is 1. The van der Waals surface area contributed by atoms with E-state index in [1.54, 1.807) is 30.3 Å². The molecule has 0 bridgehead atoms. The summed E-state index contributed by atoms with van der Waals surface area (Å²) >= 11 is 0. The van der Waals surface area contributed by atoms with Crippen LogP contribution in [0.15, 0.2) is 47.4 Å². The van der Waals surface area contributed by atoms with Crippen molar-refractivity contribution in [1.82, 2.24) is 4.31 Å². The summed E-state index contributed by atoms with van der Waals surface area (Å²) in [5.74, 6) is -0.00350. The summed E-state index contributed by atoms with van der Waals surface area (Å²) in [7, 11) is -0.568. The van der Waals surface area contributed by atoms with E-state index in [2.05, 4.69) is 5.32 Å². The second-order valence-corrected chi connectivity index (χ2v) is 9.91. The van der Waals surface area contributed by atoms with Crippen molar-refractivity contribution >= 4 is 33.2 Å². The molecule has 34 heavy (non-hydrogen) atoms. The number of rotatable bonds is 7. The molecule has 0 radical (unpaired) electrons. The molecule has 2 heterocycles. The number of methoxy groups -OCH3 is 2. The Morgan fingerprint density at radius 3 is 2.41 bits per heavy atom. The number of nitrogens with zero attached hydrogens (tertiary/aromatic N) is 2. The zero-order valence-corrected chi connectivity index (χ0v) is 19.8. The maximum absolute atomic E-state index is 12.9. The smallest absolute Gasteiger partial charge is 0.243 e. The second kappa shape index (κ2) is 10.00. The summed E-state index contributed by atoms with van der Waals surface area (Å²) in [6.45, 7) is 1.55. The van der Waals surface area contributed by atoms with E-state index in [-0.39, 0.29) is 29.7 Å². The van der Waals surface area contributed by atoms with Gasteiger partial charge in [0.05, 0.1) is 43.9 Å². The minimum absolute atomic E-state index is 0.0513. The Hall–Kier alpha value is -3.15. The molecule has 11 heteroatoms. The predicted octanol–water partition coefficient (Wildman–Crippen LogP) is 1.72. The molecule has 1 unspecified atom stereocenters. The summed E-state index contributed by atoms with van der Waals surface area (Å²) in [4.78, 5) is 27.2. The van der Waals surface area contributed by atoms with E-state index in [0.29, 0.717) is 49.2 Å². The minimum Gasteiger partial charge on any atom is -0.497 e. The number of carbonyl (C=O) groups is 2. The van der Waals surface area contributed by atoms with Gasteiger partial charge in [0.25, 0.3) is 0 Å². The van der Waals surface area contributed by atoms with E-state index in [1.807, 2.05) is 0 Å². The fourth-order valence-corrected chi connectivity index (χ4v) is 5.42. The van der Waals surface area contributed by atoms with E-state index in [0.717, 1.165) is 0 Å². The third-order valence-corrected chi connectivity index (χ3v) is 7.82. The standard InChI is InChI=1S/C23H27N3O7S/c1-31-18-5-8-21(32-2)20(14-18)26-15-16(13-22(26)27)23(28)24-17-3-6-19(7-4-17)34(29,30)25-9-11-33-12-10-25/h3-8,14,16H,9-13,15H2,1-2H3,(H,24,28). The van der Waals surface area contributed by atoms with Crippen LogP contribution in [0, 0.1) is 5.92 Å². The molecule has 2 aromatic rings. The molecule has 2 aliphatic heterocycles. The number of hydrogen-bond acceptors (Lipinski definition) is 7. The Kier molecular flexibility index (Phi) is 7.05. The fourth-order valence-electron chi connectivity index (χ4n) is 4.01. The summed E-state index contributed by atoms with van der Waals surface area (Å²) in [5, 5.41) is 2.78. The van der Waals surface area contributed by atoms with E-state index in [9.17, 15) is 18.0 Å². The molecule has 0 saturated carbocycles. The van der Waals surface area contributed by atoms with Crippen LogP contribution in [0.25, 0.3) is 0 Å². The minimum atomic E-state index is -3.61. The van der Waals surface area contributed by atoms with Crippen molar-refractivity contribution in [3.8, 4) is 11.5 Å². The Labute approximate surface area is 198 Å². The lowest BCUT2D eigenvalue weighted by Crippen LogP contribution is -2.40. The largest absolute Gasteiger partial charge is 0.497 e. The van der Waals surface area contributed by atoms with Crippen LogP contribution in [-0.4, -0.2) is 71.6 Å². The molecule has 0 aliphatic carbocycles. The van der Waals surface area contributed by atoms with Gasteiger partial charge in [-0.15, -0.1) is 0 Å². The van der Waals surface area contributed by atoms with Crippen molar-refractivity contribution < 1.29 is 32.2 Å². The molecular weight excluding hydrogens is 462 g/mol. The third-order valence-electron chi connectivity index (χ3n) is 5.90. The monoisotopic (exact) mass is 489 g/mol. The highest BCUT2D eigenvalue weighted by atomic mass is 32.2. The Bertz CT molecular complexity index is 1160. The van der Waals surface area contributed by atoms with Gasteiger partial charge >= 0.3 is 0 Å². The summed E-state index contributed by atoms with van der Waals surface area (Å²) in [6.07, 6.45) is 0.0513. The molecule has 2 aliphatic rings. The summed E-state index contributed by atoms with van der Waals surface area (Å²) < 4.78 is 42.7. The first-order valence-electron chi connectivity index (χ1n) is 10.8. The first-order valence-corrected chi connectivity index (χ1v) is 12.3. The lowest BCUT2D eigenvalue weighted by Gasteiger charge is -2.26. The van der Waals surface area contributed by atoms with Gasteiger partial charge in [-0.2, -0.15) is 4.31 Å². The Morgan fingerprint density at radius 1 is 1.06 bits per heavy atom. The number of anilines is 2. The number of amides is 2. The SMILES string of the molecule is COc1ccc(OC)c(N2CC(C(=O)Nc3ccc(S(=O)(=O)N4CCOCC4)cc3)CC2=O)c1. The molecule has 2 amide bonds. The topological polar surface area (TPSA) is 114 Å². The Balaban J connectivity index is 1.43. The van der Waals surface area contributed by atoms with Gasteiger partial charge in [0, 0.05) is 37.8 Å². The number of carbonyl (C=O) groups excluding carboxylic acids is 2. The predicted molar refractivity (Wildman–Crippen MR) is 125 cm³/mol. The first kappa shape index (κ1) is 24.0. The fraction of sp³-hybridized carbons (Fsp3) is 0.391. The average molecular weight is 490 g/mol. The number of nitrogens with one attached hydrogen (secondary N) is 1. The van der Waals surface area contributed by atoms with Crippen molar-refractivity contribution in [1.29, 1.82) is 0 Å². The quantitative estimate of drug-likeness (QED) is 0.630. The van der Waals surface area contributed by atoms with Gasteiger partial charge in [-0.3, -0.25) is 9.59 Å². The van der Waals surface area contributed by atoms with E-state index >= 15 is 0 Å². The molecule has 4 rings (SSSR count). The van der Waals surface area contributed by atoms with Crippen molar-refractivity contribution in [2.24, 2.45) is 5.92 Å². The van der Waals surface area contributed by atoms with Crippen LogP contribution >= 0.6 is 0 Å². The highest BCUT2D eigenvalue weighted by molar-refractivity contribution is 7.89. The summed E-state index contributed by atoms with van der Waals surface area (Å²) in [6, 6.07) is 11.2. The van der Waals surface area contributed by atoms with Gasteiger partial charge in [-0.25, -0.2) is 8.42 Å².